The molecule has 0 aromatic carbocycles. The van der Waals surface area contributed by atoms with Gasteiger partial charge in [-0.25, -0.2) is 0 Å². The van der Waals surface area contributed by atoms with E-state index in [9.17, 15) is 9.90 Å². The molecule has 0 aromatic heterocycles. The highest BCUT2D eigenvalue weighted by Crippen LogP contribution is 2.77. The lowest BCUT2D eigenvalue weighted by Crippen LogP contribution is -2.66. The molecule has 5 rings (SSSR count). The maximum Gasteiger partial charge on any atom is 0.133 e. The largest absolute Gasteiger partial charge is 0.393 e. The van der Waals surface area contributed by atoms with E-state index in [1.807, 2.05) is 6.92 Å². The monoisotopic (exact) mass is 428 g/mol. The number of aliphatic hydroxyl groups excluding tert-OH is 1. The first-order valence-corrected chi connectivity index (χ1v) is 13.5. The van der Waals surface area contributed by atoms with Crippen LogP contribution in [0.2, 0.25) is 0 Å². The van der Waals surface area contributed by atoms with Gasteiger partial charge in [-0.15, -0.1) is 0 Å². The van der Waals surface area contributed by atoms with Gasteiger partial charge in [-0.1, -0.05) is 41.5 Å². The van der Waals surface area contributed by atoms with E-state index in [1.165, 1.54) is 51.4 Å². The second-order valence-electron chi connectivity index (χ2n) is 14.5. The molecule has 10 atom stereocenters. The Morgan fingerprint density at radius 1 is 0.742 bits per heavy atom. The van der Waals surface area contributed by atoms with E-state index in [4.69, 9.17) is 0 Å². The van der Waals surface area contributed by atoms with Crippen molar-refractivity contribution in [3.05, 3.63) is 0 Å². The van der Waals surface area contributed by atoms with Crippen molar-refractivity contribution in [2.24, 2.45) is 56.7 Å². The summed E-state index contributed by atoms with van der Waals surface area (Å²) in [5, 5.41) is 10.9. The van der Waals surface area contributed by atoms with E-state index in [2.05, 4.69) is 41.5 Å². The summed E-state index contributed by atoms with van der Waals surface area (Å²) in [5.41, 5.74) is 1.49. The van der Waals surface area contributed by atoms with Gasteiger partial charge in [-0.05, 0) is 122 Å². The fourth-order valence-electron chi connectivity index (χ4n) is 11.4. The van der Waals surface area contributed by atoms with Gasteiger partial charge in [0.15, 0.2) is 0 Å². The first kappa shape index (κ1) is 22.4. The van der Waals surface area contributed by atoms with E-state index in [0.717, 1.165) is 18.8 Å². The topological polar surface area (TPSA) is 37.3 Å². The third-order valence-corrected chi connectivity index (χ3v) is 13.4. The van der Waals surface area contributed by atoms with Crippen molar-refractivity contribution >= 4 is 5.78 Å². The molecule has 31 heavy (non-hydrogen) atoms. The van der Waals surface area contributed by atoms with Crippen LogP contribution in [0, 0.1) is 56.7 Å². The minimum absolute atomic E-state index is 0.0302. The summed E-state index contributed by atoms with van der Waals surface area (Å²) in [7, 11) is 0. The number of carbonyl (C=O) groups is 1. The summed E-state index contributed by atoms with van der Waals surface area (Å²) in [6, 6.07) is 0. The molecule has 0 saturated heterocycles. The number of carbonyl (C=O) groups excluding carboxylic acids is 1. The highest BCUT2D eigenvalue weighted by Gasteiger charge is 2.70. The minimum atomic E-state index is -0.146. The molecule has 0 amide bonds. The zero-order valence-electron chi connectivity index (χ0n) is 21.4. The molecule has 0 spiro atoms. The number of fused-ring (bicyclic) bond motifs is 7. The third kappa shape index (κ3) is 2.64. The van der Waals surface area contributed by atoms with Gasteiger partial charge in [-0.2, -0.15) is 0 Å². The van der Waals surface area contributed by atoms with Crippen molar-refractivity contribution in [3.8, 4) is 0 Å². The molecular weight excluding hydrogens is 380 g/mol. The van der Waals surface area contributed by atoms with E-state index in [1.54, 1.807) is 0 Å². The molecule has 5 aliphatic carbocycles. The maximum absolute atomic E-state index is 12.7. The second-order valence-corrected chi connectivity index (χ2v) is 14.5. The highest BCUT2D eigenvalue weighted by molar-refractivity contribution is 5.79. The van der Waals surface area contributed by atoms with Gasteiger partial charge in [-0.3, -0.25) is 4.79 Å². The molecule has 5 aliphatic rings. The molecule has 1 N–H and O–H groups in total. The summed E-state index contributed by atoms with van der Waals surface area (Å²) < 4.78 is 0. The Morgan fingerprint density at radius 3 is 2.13 bits per heavy atom. The zero-order chi connectivity index (χ0) is 22.6. The lowest BCUT2D eigenvalue weighted by molar-refractivity contribution is -0.246. The van der Waals surface area contributed by atoms with Gasteiger partial charge in [0.25, 0.3) is 0 Å². The predicted molar refractivity (Wildman–Crippen MR) is 127 cm³/mol. The van der Waals surface area contributed by atoms with Gasteiger partial charge >= 0.3 is 0 Å². The van der Waals surface area contributed by atoms with Gasteiger partial charge in [0.1, 0.15) is 5.78 Å². The number of hydrogen-bond acceptors (Lipinski definition) is 2. The van der Waals surface area contributed by atoms with Crippen molar-refractivity contribution in [2.75, 3.05) is 0 Å². The van der Waals surface area contributed by atoms with Crippen LogP contribution < -0.4 is 0 Å². The Balaban J connectivity index is 1.54. The second kappa shape index (κ2) is 6.61. The highest BCUT2D eigenvalue weighted by atomic mass is 16.3. The van der Waals surface area contributed by atoms with E-state index in [-0.39, 0.29) is 11.5 Å². The minimum Gasteiger partial charge on any atom is -0.393 e. The number of Topliss-reactive ketones (excluding diaryl/α,β-unsaturated/α-hetero) is 1. The van der Waals surface area contributed by atoms with Crippen LogP contribution in [0.1, 0.15) is 113 Å². The van der Waals surface area contributed by atoms with Crippen molar-refractivity contribution in [3.63, 3.8) is 0 Å². The smallest absolute Gasteiger partial charge is 0.133 e. The predicted octanol–water partition coefficient (Wildman–Crippen LogP) is 7.04. The van der Waals surface area contributed by atoms with Crippen molar-refractivity contribution in [1.82, 2.24) is 0 Å². The molecule has 2 nitrogen and oxygen atoms in total. The van der Waals surface area contributed by atoms with Crippen molar-refractivity contribution in [2.45, 2.75) is 119 Å². The first-order chi connectivity index (χ1) is 14.3. The van der Waals surface area contributed by atoms with Crippen LogP contribution in [0.5, 0.6) is 0 Å². The van der Waals surface area contributed by atoms with Crippen LogP contribution in [0.4, 0.5) is 0 Å². The van der Waals surface area contributed by atoms with E-state index >= 15 is 0 Å². The summed E-state index contributed by atoms with van der Waals surface area (Å²) in [5.74, 6) is 3.48. The number of rotatable bonds is 1. The normalized spacial score (nSPS) is 57.9. The molecule has 0 heterocycles. The molecule has 0 aliphatic heterocycles. The lowest BCUT2D eigenvalue weighted by atomic mass is 9.32. The average molecular weight is 429 g/mol. The van der Waals surface area contributed by atoms with Gasteiger partial charge in [0, 0.05) is 5.92 Å². The van der Waals surface area contributed by atoms with Crippen LogP contribution in [0.25, 0.3) is 0 Å². The molecule has 0 aromatic rings. The molecule has 0 unspecified atom stereocenters. The van der Waals surface area contributed by atoms with Crippen LogP contribution >= 0.6 is 0 Å². The van der Waals surface area contributed by atoms with Crippen LogP contribution in [-0.4, -0.2) is 17.0 Å². The summed E-state index contributed by atoms with van der Waals surface area (Å²) >= 11 is 0. The Labute approximate surface area is 191 Å². The zero-order valence-corrected chi connectivity index (χ0v) is 21.4. The number of ketones is 1. The molecule has 176 valence electrons. The SMILES string of the molecule is CC(=O)[C@@H]1CC[C@]2(C)CC[C@]3(C)[C@H](CC[C@H]4[C@@]5(C)CC[C@H](O)C(C)(C)[C@@H]5CC[C@]43C)[C@@H]12. The Hall–Kier alpha value is -0.370. The molecule has 5 fully saturated rings. The molecule has 2 heteroatoms. The van der Waals surface area contributed by atoms with E-state index < -0.39 is 0 Å². The number of hydrogen-bond donors (Lipinski definition) is 1. The Bertz CT molecular complexity index is 771. The maximum atomic E-state index is 12.7. The van der Waals surface area contributed by atoms with Gasteiger partial charge in [0.2, 0.25) is 0 Å². The quantitative estimate of drug-likeness (QED) is 0.486. The van der Waals surface area contributed by atoms with E-state index in [0.29, 0.717) is 51.1 Å². The number of aliphatic hydroxyl groups is 1. The summed E-state index contributed by atoms with van der Waals surface area (Å²) in [4.78, 5) is 12.7. The summed E-state index contributed by atoms with van der Waals surface area (Å²) in [6.45, 7) is 17.0. The van der Waals surface area contributed by atoms with Crippen LogP contribution in [-0.2, 0) is 4.79 Å². The average Bonchev–Trinajstić information content (AvgIpc) is 3.04. The Kier molecular flexibility index (Phi) is 4.78. The van der Waals surface area contributed by atoms with Crippen molar-refractivity contribution < 1.29 is 9.90 Å². The summed E-state index contributed by atoms with van der Waals surface area (Å²) in [6.07, 6.45) is 12.3. The fraction of sp³-hybridized carbons (Fsp3) is 0.966. The molecule has 0 radical (unpaired) electrons. The Morgan fingerprint density at radius 2 is 1.45 bits per heavy atom. The van der Waals surface area contributed by atoms with Crippen LogP contribution in [0.15, 0.2) is 0 Å². The first-order valence-electron chi connectivity index (χ1n) is 13.5. The lowest BCUT2D eigenvalue weighted by Gasteiger charge is -2.72. The standard InChI is InChI=1S/C29H48O2/c1-18(30)19-10-13-26(4)16-17-28(6)20(24(19)26)8-9-22-27(5)14-12-23(31)25(2,3)21(27)11-15-29(22,28)7/h19-24,31H,8-17H2,1-7H3/t19-,20+,21-,22-,23-,24+,26+,27-,28+,29+/m0/s1. The third-order valence-electron chi connectivity index (χ3n) is 13.4. The fourth-order valence-corrected chi connectivity index (χ4v) is 11.4. The van der Waals surface area contributed by atoms with Crippen molar-refractivity contribution in [1.29, 1.82) is 0 Å². The van der Waals surface area contributed by atoms with Crippen LogP contribution in [0.3, 0.4) is 0 Å². The van der Waals surface area contributed by atoms with Gasteiger partial charge in [0.05, 0.1) is 6.10 Å². The molecule has 0 bridgehead atoms. The molecule has 5 saturated carbocycles. The van der Waals surface area contributed by atoms with Gasteiger partial charge < -0.3 is 5.11 Å². The molecular formula is C29H48O2.